The number of aromatic nitrogens is 1. The van der Waals surface area contributed by atoms with Gasteiger partial charge in [-0.3, -0.25) is 9.59 Å². The summed E-state index contributed by atoms with van der Waals surface area (Å²) in [5, 5.41) is 0.585. The number of benzene rings is 1. The normalized spacial score (nSPS) is 10.5. The molecule has 21 heavy (non-hydrogen) atoms. The Balaban J connectivity index is 2.37. The van der Waals surface area contributed by atoms with E-state index in [0.717, 1.165) is 11.3 Å². The van der Waals surface area contributed by atoms with Gasteiger partial charge in [0.05, 0.1) is 19.2 Å². The lowest BCUT2D eigenvalue weighted by molar-refractivity contribution is -0.139. The van der Waals surface area contributed by atoms with E-state index < -0.39 is 0 Å². The molecular formula is C16H16ClNO3. The molecule has 5 heteroatoms. The van der Waals surface area contributed by atoms with Gasteiger partial charge in [0.1, 0.15) is 0 Å². The zero-order valence-electron chi connectivity index (χ0n) is 12.1. The summed E-state index contributed by atoms with van der Waals surface area (Å²) in [6, 6.07) is 8.58. The van der Waals surface area contributed by atoms with Crippen LogP contribution in [0.15, 0.2) is 30.3 Å². The Labute approximate surface area is 128 Å². The fourth-order valence-corrected chi connectivity index (χ4v) is 2.41. The van der Waals surface area contributed by atoms with Crippen molar-refractivity contribution < 1.29 is 14.3 Å². The van der Waals surface area contributed by atoms with Crippen molar-refractivity contribution in [2.24, 2.45) is 7.05 Å². The Bertz CT molecular complexity index is 686. The minimum absolute atomic E-state index is 0.0946. The largest absolute Gasteiger partial charge is 0.469 e. The van der Waals surface area contributed by atoms with E-state index in [1.807, 2.05) is 13.0 Å². The topological polar surface area (TPSA) is 48.3 Å². The lowest BCUT2D eigenvalue weighted by Crippen LogP contribution is -2.13. The molecule has 0 bridgehead atoms. The Morgan fingerprint density at radius 1 is 1.24 bits per heavy atom. The van der Waals surface area contributed by atoms with E-state index >= 15 is 0 Å². The number of esters is 1. The highest BCUT2D eigenvalue weighted by molar-refractivity contribution is 6.30. The second kappa shape index (κ2) is 6.14. The molecule has 0 aliphatic heterocycles. The molecule has 0 N–H and O–H groups in total. The summed E-state index contributed by atoms with van der Waals surface area (Å²) < 4.78 is 6.40. The zero-order chi connectivity index (χ0) is 15.6. The van der Waals surface area contributed by atoms with Crippen LogP contribution in [0.25, 0.3) is 0 Å². The van der Waals surface area contributed by atoms with Crippen LogP contribution < -0.4 is 0 Å². The van der Waals surface area contributed by atoms with Crippen LogP contribution in [-0.2, 0) is 23.0 Å². The van der Waals surface area contributed by atoms with Crippen LogP contribution >= 0.6 is 11.6 Å². The number of aryl methyl sites for hydroxylation is 1. The highest BCUT2D eigenvalue weighted by Gasteiger charge is 2.19. The number of hydrogen-bond acceptors (Lipinski definition) is 3. The SMILES string of the molecule is COC(=O)Cc1cc(C)c(C(=O)c2ccc(Cl)cc2)n1C. The van der Waals surface area contributed by atoms with Gasteiger partial charge in [0.25, 0.3) is 0 Å². The minimum atomic E-state index is -0.332. The molecular weight excluding hydrogens is 290 g/mol. The van der Waals surface area contributed by atoms with Crippen LogP contribution in [-0.4, -0.2) is 23.4 Å². The molecule has 0 unspecified atom stereocenters. The first kappa shape index (κ1) is 15.3. The van der Waals surface area contributed by atoms with Crippen molar-refractivity contribution in [3.63, 3.8) is 0 Å². The van der Waals surface area contributed by atoms with Gasteiger partial charge in [-0.1, -0.05) is 11.6 Å². The van der Waals surface area contributed by atoms with Crippen LogP contribution in [0.1, 0.15) is 27.3 Å². The van der Waals surface area contributed by atoms with Crippen molar-refractivity contribution in [3.05, 3.63) is 57.9 Å². The molecule has 110 valence electrons. The quantitative estimate of drug-likeness (QED) is 0.644. The third-order valence-corrected chi connectivity index (χ3v) is 3.65. The summed E-state index contributed by atoms with van der Waals surface area (Å²) in [6.07, 6.45) is 0.141. The van der Waals surface area contributed by atoms with E-state index in [4.69, 9.17) is 11.6 Å². The van der Waals surface area contributed by atoms with Crippen molar-refractivity contribution in [2.45, 2.75) is 13.3 Å². The molecule has 1 heterocycles. The third kappa shape index (κ3) is 3.16. The maximum Gasteiger partial charge on any atom is 0.311 e. The van der Waals surface area contributed by atoms with E-state index in [-0.39, 0.29) is 18.2 Å². The molecule has 0 fully saturated rings. The fourth-order valence-electron chi connectivity index (χ4n) is 2.28. The van der Waals surface area contributed by atoms with Gasteiger partial charge in [0, 0.05) is 23.3 Å². The monoisotopic (exact) mass is 305 g/mol. The van der Waals surface area contributed by atoms with Crippen LogP contribution in [0.2, 0.25) is 5.02 Å². The van der Waals surface area contributed by atoms with Crippen LogP contribution in [0.5, 0.6) is 0 Å². The van der Waals surface area contributed by atoms with Crippen molar-refractivity contribution in [2.75, 3.05) is 7.11 Å². The molecule has 0 saturated carbocycles. The predicted octanol–water partition coefficient (Wildman–Crippen LogP) is 2.93. The summed E-state index contributed by atoms with van der Waals surface area (Å²) in [7, 11) is 3.12. The number of ether oxygens (including phenoxy) is 1. The van der Waals surface area contributed by atoms with Gasteiger partial charge in [-0.25, -0.2) is 0 Å². The fraction of sp³-hybridized carbons (Fsp3) is 0.250. The van der Waals surface area contributed by atoms with E-state index in [1.165, 1.54) is 7.11 Å². The van der Waals surface area contributed by atoms with Crippen LogP contribution in [0.4, 0.5) is 0 Å². The second-order valence-corrected chi connectivity index (χ2v) is 5.25. The van der Waals surface area contributed by atoms with E-state index in [2.05, 4.69) is 4.74 Å². The number of nitrogens with zero attached hydrogens (tertiary/aromatic N) is 1. The van der Waals surface area contributed by atoms with E-state index in [9.17, 15) is 9.59 Å². The van der Waals surface area contributed by atoms with Crippen molar-refractivity contribution >= 4 is 23.4 Å². The molecule has 0 radical (unpaired) electrons. The van der Waals surface area contributed by atoms with Crippen LogP contribution in [0, 0.1) is 6.92 Å². The Hall–Kier alpha value is -2.07. The van der Waals surface area contributed by atoms with Gasteiger partial charge in [-0.2, -0.15) is 0 Å². The molecule has 2 aromatic rings. The Morgan fingerprint density at radius 2 is 1.86 bits per heavy atom. The van der Waals surface area contributed by atoms with Crippen molar-refractivity contribution in [1.82, 2.24) is 4.57 Å². The molecule has 1 aromatic heterocycles. The molecule has 2 rings (SSSR count). The van der Waals surface area contributed by atoms with Gasteiger partial charge in [0.15, 0.2) is 0 Å². The lowest BCUT2D eigenvalue weighted by Gasteiger charge is -2.07. The van der Waals surface area contributed by atoms with Gasteiger partial charge in [0.2, 0.25) is 5.78 Å². The van der Waals surface area contributed by atoms with E-state index in [0.29, 0.717) is 16.3 Å². The first-order valence-electron chi connectivity index (χ1n) is 6.46. The smallest absolute Gasteiger partial charge is 0.311 e. The van der Waals surface area contributed by atoms with E-state index in [1.54, 1.807) is 35.9 Å². The summed E-state index contributed by atoms with van der Waals surface area (Å²) in [5.74, 6) is -0.427. The Morgan fingerprint density at radius 3 is 2.43 bits per heavy atom. The summed E-state index contributed by atoms with van der Waals surface area (Å²) >= 11 is 5.83. The van der Waals surface area contributed by atoms with Gasteiger partial charge < -0.3 is 9.30 Å². The maximum atomic E-state index is 12.6. The second-order valence-electron chi connectivity index (χ2n) is 4.82. The van der Waals surface area contributed by atoms with Gasteiger partial charge in [-0.15, -0.1) is 0 Å². The third-order valence-electron chi connectivity index (χ3n) is 3.40. The first-order valence-corrected chi connectivity index (χ1v) is 6.84. The molecule has 0 spiro atoms. The lowest BCUT2D eigenvalue weighted by atomic mass is 10.1. The maximum absolute atomic E-state index is 12.6. The average Bonchev–Trinajstić information content (AvgIpc) is 2.73. The molecule has 0 aliphatic carbocycles. The first-order chi connectivity index (χ1) is 9.93. The van der Waals surface area contributed by atoms with Crippen LogP contribution in [0.3, 0.4) is 0 Å². The highest BCUT2D eigenvalue weighted by atomic mass is 35.5. The summed E-state index contributed by atoms with van der Waals surface area (Å²) in [6.45, 7) is 1.85. The summed E-state index contributed by atoms with van der Waals surface area (Å²) in [5.41, 5.74) is 2.71. The highest BCUT2D eigenvalue weighted by Crippen LogP contribution is 2.20. The zero-order valence-corrected chi connectivity index (χ0v) is 12.9. The minimum Gasteiger partial charge on any atom is -0.469 e. The molecule has 0 aliphatic rings. The molecule has 0 amide bonds. The number of ketones is 1. The standard InChI is InChI=1S/C16H16ClNO3/c1-10-8-13(9-14(19)21-3)18(2)15(10)16(20)11-4-6-12(17)7-5-11/h4-8H,9H2,1-3H3. The molecule has 0 atom stereocenters. The number of halogens is 1. The molecule has 0 saturated heterocycles. The van der Waals surface area contributed by atoms with Crippen molar-refractivity contribution in [3.8, 4) is 0 Å². The average molecular weight is 306 g/mol. The van der Waals surface area contributed by atoms with Gasteiger partial charge >= 0.3 is 5.97 Å². The molecule has 4 nitrogen and oxygen atoms in total. The number of rotatable bonds is 4. The number of methoxy groups -OCH3 is 1. The predicted molar refractivity (Wildman–Crippen MR) is 80.8 cm³/mol. The summed E-state index contributed by atoms with van der Waals surface area (Å²) in [4.78, 5) is 24.0. The number of carbonyl (C=O) groups excluding carboxylic acids is 2. The molecule has 1 aromatic carbocycles. The van der Waals surface area contributed by atoms with Gasteiger partial charge in [-0.05, 0) is 42.8 Å². The number of carbonyl (C=O) groups is 2. The number of hydrogen-bond donors (Lipinski definition) is 0. The Kier molecular flexibility index (Phi) is 4.48. The van der Waals surface area contributed by atoms with Crippen molar-refractivity contribution in [1.29, 1.82) is 0 Å².